The number of hydrogen-bond donors (Lipinski definition) is 1. The quantitative estimate of drug-likeness (QED) is 0.853. The SMILES string of the molecule is CC(=O)NC1CCCN(C(=O)c2ccccc2OCc2ccccc2Cl)C1. The van der Waals surface area contributed by atoms with Gasteiger partial charge >= 0.3 is 0 Å². The number of nitrogens with one attached hydrogen (secondary N) is 1. The first-order valence-corrected chi connectivity index (χ1v) is 9.44. The van der Waals surface area contributed by atoms with Gasteiger partial charge in [0.1, 0.15) is 12.4 Å². The van der Waals surface area contributed by atoms with Crippen LogP contribution in [0.2, 0.25) is 5.02 Å². The van der Waals surface area contributed by atoms with Crippen LogP contribution in [-0.4, -0.2) is 35.8 Å². The van der Waals surface area contributed by atoms with Crippen LogP contribution in [0.25, 0.3) is 0 Å². The van der Waals surface area contributed by atoms with Gasteiger partial charge in [-0.05, 0) is 31.0 Å². The third kappa shape index (κ3) is 5.01. The van der Waals surface area contributed by atoms with Crippen LogP contribution in [0.15, 0.2) is 48.5 Å². The first-order valence-electron chi connectivity index (χ1n) is 9.06. The summed E-state index contributed by atoms with van der Waals surface area (Å²) in [5.41, 5.74) is 1.39. The van der Waals surface area contributed by atoms with Crippen molar-refractivity contribution in [2.45, 2.75) is 32.4 Å². The van der Waals surface area contributed by atoms with Gasteiger partial charge in [-0.1, -0.05) is 41.9 Å². The van der Waals surface area contributed by atoms with Crippen molar-refractivity contribution in [1.82, 2.24) is 10.2 Å². The third-order valence-electron chi connectivity index (χ3n) is 4.57. The van der Waals surface area contributed by atoms with Crippen molar-refractivity contribution in [3.05, 3.63) is 64.7 Å². The lowest BCUT2D eigenvalue weighted by Gasteiger charge is -2.33. The lowest BCUT2D eigenvalue weighted by atomic mass is 10.0. The molecule has 2 aromatic carbocycles. The van der Waals surface area contributed by atoms with Gasteiger partial charge in [-0.2, -0.15) is 0 Å². The van der Waals surface area contributed by atoms with E-state index >= 15 is 0 Å². The number of piperidine rings is 1. The number of halogens is 1. The highest BCUT2D eigenvalue weighted by atomic mass is 35.5. The second kappa shape index (κ2) is 8.91. The molecule has 2 amide bonds. The Labute approximate surface area is 164 Å². The van der Waals surface area contributed by atoms with Crippen LogP contribution in [0.3, 0.4) is 0 Å². The Balaban J connectivity index is 1.72. The van der Waals surface area contributed by atoms with E-state index in [1.165, 1.54) is 6.92 Å². The summed E-state index contributed by atoms with van der Waals surface area (Å²) < 4.78 is 5.91. The summed E-state index contributed by atoms with van der Waals surface area (Å²) in [6.07, 6.45) is 1.74. The minimum Gasteiger partial charge on any atom is -0.488 e. The fourth-order valence-corrected chi connectivity index (χ4v) is 3.47. The maximum Gasteiger partial charge on any atom is 0.257 e. The fourth-order valence-electron chi connectivity index (χ4n) is 3.28. The molecule has 0 aliphatic carbocycles. The molecule has 27 heavy (non-hydrogen) atoms. The van der Waals surface area contributed by atoms with Gasteiger partial charge in [-0.15, -0.1) is 0 Å². The number of benzene rings is 2. The Morgan fingerprint density at radius 1 is 1.19 bits per heavy atom. The minimum atomic E-state index is -0.0835. The smallest absolute Gasteiger partial charge is 0.257 e. The predicted molar refractivity (Wildman–Crippen MR) is 105 cm³/mol. The van der Waals surface area contributed by atoms with Gasteiger partial charge in [0, 0.05) is 36.6 Å². The summed E-state index contributed by atoms with van der Waals surface area (Å²) in [6, 6.07) is 14.7. The van der Waals surface area contributed by atoms with Crippen molar-refractivity contribution in [3.8, 4) is 5.75 Å². The van der Waals surface area contributed by atoms with Gasteiger partial charge in [0.05, 0.1) is 5.56 Å². The molecular weight excluding hydrogens is 364 g/mol. The molecule has 0 radical (unpaired) electrons. The number of rotatable bonds is 5. The van der Waals surface area contributed by atoms with Crippen LogP contribution in [0.1, 0.15) is 35.7 Å². The summed E-state index contributed by atoms with van der Waals surface area (Å²) in [5, 5.41) is 3.54. The van der Waals surface area contributed by atoms with Crippen molar-refractivity contribution in [3.63, 3.8) is 0 Å². The molecule has 1 aliphatic rings. The first-order chi connectivity index (χ1) is 13.0. The monoisotopic (exact) mass is 386 g/mol. The predicted octanol–water partition coefficient (Wildman–Crippen LogP) is 3.66. The van der Waals surface area contributed by atoms with E-state index in [-0.39, 0.29) is 17.9 Å². The van der Waals surface area contributed by atoms with Gasteiger partial charge in [-0.3, -0.25) is 9.59 Å². The number of carbonyl (C=O) groups excluding carboxylic acids is 2. The molecule has 1 heterocycles. The maximum absolute atomic E-state index is 13.0. The number of hydrogen-bond acceptors (Lipinski definition) is 3. The second-order valence-corrected chi connectivity index (χ2v) is 7.07. The summed E-state index contributed by atoms with van der Waals surface area (Å²) in [7, 11) is 0. The number of para-hydroxylation sites is 1. The zero-order valence-corrected chi connectivity index (χ0v) is 16.0. The molecule has 142 valence electrons. The Bertz CT molecular complexity index is 825. The molecule has 5 nitrogen and oxygen atoms in total. The summed E-state index contributed by atoms with van der Waals surface area (Å²) in [5.74, 6) is 0.377. The zero-order valence-electron chi connectivity index (χ0n) is 15.3. The van der Waals surface area contributed by atoms with Gasteiger partial charge in [0.15, 0.2) is 0 Å². The molecular formula is C21H23ClN2O3. The molecule has 1 N–H and O–H groups in total. The lowest BCUT2D eigenvalue weighted by Crippen LogP contribution is -2.49. The number of nitrogens with zero attached hydrogens (tertiary/aromatic N) is 1. The molecule has 1 saturated heterocycles. The fraction of sp³-hybridized carbons (Fsp3) is 0.333. The van der Waals surface area contributed by atoms with Crippen LogP contribution in [0.4, 0.5) is 0 Å². The Morgan fingerprint density at radius 2 is 1.93 bits per heavy atom. The van der Waals surface area contributed by atoms with E-state index in [9.17, 15) is 9.59 Å². The largest absolute Gasteiger partial charge is 0.488 e. The highest BCUT2D eigenvalue weighted by Crippen LogP contribution is 2.24. The maximum atomic E-state index is 13.0. The van der Waals surface area contributed by atoms with E-state index in [2.05, 4.69) is 5.32 Å². The summed E-state index contributed by atoms with van der Waals surface area (Å²) in [6.45, 7) is 2.97. The van der Waals surface area contributed by atoms with Crippen molar-refractivity contribution in [2.24, 2.45) is 0 Å². The van der Waals surface area contributed by atoms with Gasteiger partial charge in [0.25, 0.3) is 5.91 Å². The lowest BCUT2D eigenvalue weighted by molar-refractivity contribution is -0.120. The molecule has 6 heteroatoms. The van der Waals surface area contributed by atoms with Crippen LogP contribution in [0, 0.1) is 0 Å². The molecule has 0 aromatic heterocycles. The highest BCUT2D eigenvalue weighted by molar-refractivity contribution is 6.31. The zero-order chi connectivity index (χ0) is 19.2. The number of ether oxygens (including phenoxy) is 1. The van der Waals surface area contributed by atoms with E-state index in [4.69, 9.17) is 16.3 Å². The molecule has 2 aromatic rings. The number of amides is 2. The van der Waals surface area contributed by atoms with Gasteiger partial charge in [0.2, 0.25) is 5.91 Å². The molecule has 1 atom stereocenters. The normalized spacial score (nSPS) is 16.7. The van der Waals surface area contributed by atoms with Crippen LogP contribution < -0.4 is 10.1 Å². The second-order valence-electron chi connectivity index (χ2n) is 6.67. The van der Waals surface area contributed by atoms with Crippen molar-refractivity contribution in [1.29, 1.82) is 0 Å². The number of likely N-dealkylation sites (tertiary alicyclic amines) is 1. The van der Waals surface area contributed by atoms with Crippen molar-refractivity contribution in [2.75, 3.05) is 13.1 Å². The molecule has 3 rings (SSSR count). The van der Waals surface area contributed by atoms with E-state index in [1.807, 2.05) is 36.4 Å². The molecule has 0 spiro atoms. The molecule has 1 fully saturated rings. The molecule has 0 bridgehead atoms. The van der Waals surface area contributed by atoms with Crippen LogP contribution in [0.5, 0.6) is 5.75 Å². The van der Waals surface area contributed by atoms with E-state index < -0.39 is 0 Å². The molecule has 1 unspecified atom stereocenters. The first kappa shape index (κ1) is 19.2. The van der Waals surface area contributed by atoms with Crippen molar-refractivity contribution >= 4 is 23.4 Å². The van der Waals surface area contributed by atoms with Crippen LogP contribution in [-0.2, 0) is 11.4 Å². The highest BCUT2D eigenvalue weighted by Gasteiger charge is 2.26. The van der Waals surface area contributed by atoms with Crippen LogP contribution >= 0.6 is 11.6 Å². The standard InChI is InChI=1S/C21H23ClN2O3/c1-15(25)23-17-8-6-12-24(13-17)21(26)18-9-3-5-11-20(18)27-14-16-7-2-4-10-19(16)22/h2-5,7,9-11,17H,6,8,12-14H2,1H3,(H,23,25). The third-order valence-corrected chi connectivity index (χ3v) is 4.94. The summed E-state index contributed by atoms with van der Waals surface area (Å²) >= 11 is 6.18. The topological polar surface area (TPSA) is 58.6 Å². The molecule has 1 aliphatic heterocycles. The van der Waals surface area contributed by atoms with Crippen molar-refractivity contribution < 1.29 is 14.3 Å². The minimum absolute atomic E-state index is 0.00333. The summed E-state index contributed by atoms with van der Waals surface area (Å²) in [4.78, 5) is 26.1. The van der Waals surface area contributed by atoms with E-state index in [0.29, 0.717) is 36.0 Å². The van der Waals surface area contributed by atoms with E-state index in [1.54, 1.807) is 17.0 Å². The van der Waals surface area contributed by atoms with E-state index in [0.717, 1.165) is 18.4 Å². The number of carbonyl (C=O) groups is 2. The average molecular weight is 387 g/mol. The Kier molecular flexibility index (Phi) is 6.35. The van der Waals surface area contributed by atoms with Gasteiger partial charge in [-0.25, -0.2) is 0 Å². The Hall–Kier alpha value is -2.53. The Morgan fingerprint density at radius 3 is 2.70 bits per heavy atom. The molecule has 0 saturated carbocycles. The van der Waals surface area contributed by atoms with Gasteiger partial charge < -0.3 is 15.0 Å². The average Bonchev–Trinajstić information content (AvgIpc) is 2.67.